The molecule has 0 aliphatic carbocycles. The fourth-order valence-corrected chi connectivity index (χ4v) is 3.00. The lowest BCUT2D eigenvalue weighted by Gasteiger charge is -2.32. The maximum atomic E-state index is 5.96. The number of piperidine rings is 1. The van der Waals surface area contributed by atoms with Crippen molar-refractivity contribution < 1.29 is 0 Å². The van der Waals surface area contributed by atoms with Crippen molar-refractivity contribution >= 4 is 17.3 Å². The summed E-state index contributed by atoms with van der Waals surface area (Å²) in [5.74, 6) is 2.13. The van der Waals surface area contributed by atoms with Gasteiger partial charge >= 0.3 is 0 Å². The molecule has 0 aromatic carbocycles. The molecule has 0 amide bonds. The summed E-state index contributed by atoms with van der Waals surface area (Å²) in [6.45, 7) is 4.04. The largest absolute Gasteiger partial charge is 0.340 e. The number of H-pyrrole nitrogens is 1. The molecule has 102 valence electrons. The predicted octanol–water partition coefficient (Wildman–Crippen LogP) is 1.49. The zero-order chi connectivity index (χ0) is 13.2. The quantitative estimate of drug-likeness (QED) is 0.888. The van der Waals surface area contributed by atoms with E-state index in [0.29, 0.717) is 5.92 Å². The SMILES string of the molecule is CC(N)C1CCN(c2n[nH]c(-c3cscn3)n2)CC1. The van der Waals surface area contributed by atoms with E-state index in [-0.39, 0.29) is 6.04 Å². The van der Waals surface area contributed by atoms with Gasteiger partial charge < -0.3 is 10.6 Å². The Bertz CT molecular complexity index is 512. The Morgan fingerprint density at radius 2 is 2.26 bits per heavy atom. The van der Waals surface area contributed by atoms with E-state index < -0.39 is 0 Å². The second-order valence-electron chi connectivity index (χ2n) is 5.04. The molecule has 3 heterocycles. The smallest absolute Gasteiger partial charge is 0.245 e. The van der Waals surface area contributed by atoms with Crippen molar-refractivity contribution in [1.82, 2.24) is 20.2 Å². The average Bonchev–Trinajstić information content (AvgIpc) is 3.10. The number of anilines is 1. The number of aromatic amines is 1. The maximum Gasteiger partial charge on any atom is 0.245 e. The van der Waals surface area contributed by atoms with Crippen molar-refractivity contribution in [2.75, 3.05) is 18.0 Å². The van der Waals surface area contributed by atoms with Crippen LogP contribution in [0.15, 0.2) is 10.9 Å². The van der Waals surface area contributed by atoms with Crippen molar-refractivity contribution in [2.24, 2.45) is 11.7 Å². The summed E-state index contributed by atoms with van der Waals surface area (Å²) >= 11 is 1.56. The predicted molar refractivity (Wildman–Crippen MR) is 76.1 cm³/mol. The summed E-state index contributed by atoms with van der Waals surface area (Å²) in [5, 5.41) is 9.21. The van der Waals surface area contributed by atoms with E-state index in [1.165, 1.54) is 0 Å². The first-order valence-corrected chi connectivity index (χ1v) is 7.50. The molecule has 6 nitrogen and oxygen atoms in total. The van der Waals surface area contributed by atoms with Crippen molar-refractivity contribution in [1.29, 1.82) is 0 Å². The van der Waals surface area contributed by atoms with Gasteiger partial charge in [0, 0.05) is 24.5 Å². The number of nitrogens with two attached hydrogens (primary N) is 1. The number of hydrogen-bond acceptors (Lipinski definition) is 6. The van der Waals surface area contributed by atoms with Crippen LogP contribution in [0.25, 0.3) is 11.5 Å². The second-order valence-corrected chi connectivity index (χ2v) is 5.76. The van der Waals surface area contributed by atoms with Crippen LogP contribution in [0.1, 0.15) is 19.8 Å². The maximum absolute atomic E-state index is 5.96. The highest BCUT2D eigenvalue weighted by Gasteiger charge is 2.24. The van der Waals surface area contributed by atoms with Crippen molar-refractivity contribution in [3.8, 4) is 11.5 Å². The highest BCUT2D eigenvalue weighted by molar-refractivity contribution is 7.07. The van der Waals surface area contributed by atoms with Gasteiger partial charge in [-0.05, 0) is 25.7 Å². The minimum atomic E-state index is 0.278. The zero-order valence-electron chi connectivity index (χ0n) is 10.9. The second kappa shape index (κ2) is 5.26. The fraction of sp³-hybridized carbons (Fsp3) is 0.583. The summed E-state index contributed by atoms with van der Waals surface area (Å²) in [4.78, 5) is 11.0. The molecule has 1 fully saturated rings. The molecular weight excluding hydrogens is 260 g/mol. The standard InChI is InChI=1S/C12H18N6S/c1-8(13)9-2-4-18(5-3-9)12-15-11(16-17-12)10-6-19-7-14-10/h6-9H,2-5,13H2,1H3,(H,15,16,17). The molecule has 0 bridgehead atoms. The Labute approximate surface area is 116 Å². The van der Waals surface area contributed by atoms with Crippen molar-refractivity contribution in [3.63, 3.8) is 0 Å². The van der Waals surface area contributed by atoms with Crippen molar-refractivity contribution in [3.05, 3.63) is 10.9 Å². The van der Waals surface area contributed by atoms with Crippen LogP contribution < -0.4 is 10.6 Å². The van der Waals surface area contributed by atoms with Gasteiger partial charge in [0.15, 0.2) is 5.82 Å². The van der Waals surface area contributed by atoms with E-state index in [0.717, 1.165) is 43.4 Å². The monoisotopic (exact) mass is 278 g/mol. The summed E-state index contributed by atoms with van der Waals surface area (Å²) in [6, 6.07) is 0.278. The third kappa shape index (κ3) is 2.62. The molecule has 7 heteroatoms. The van der Waals surface area contributed by atoms with Gasteiger partial charge in [0.05, 0.1) is 5.51 Å². The Kier molecular flexibility index (Phi) is 3.48. The molecule has 1 aliphatic rings. The topological polar surface area (TPSA) is 83.7 Å². The summed E-state index contributed by atoms with van der Waals surface area (Å²) in [7, 11) is 0. The van der Waals surface area contributed by atoms with E-state index in [4.69, 9.17) is 5.73 Å². The van der Waals surface area contributed by atoms with Crippen LogP contribution in [0.2, 0.25) is 0 Å². The van der Waals surface area contributed by atoms with Crippen LogP contribution in [-0.4, -0.2) is 39.3 Å². The first-order valence-electron chi connectivity index (χ1n) is 6.55. The van der Waals surface area contributed by atoms with Gasteiger partial charge in [-0.3, -0.25) is 5.10 Å². The third-order valence-corrected chi connectivity index (χ3v) is 4.30. The average molecular weight is 278 g/mol. The summed E-state index contributed by atoms with van der Waals surface area (Å²) in [6.07, 6.45) is 2.22. The van der Waals surface area contributed by atoms with E-state index in [1.54, 1.807) is 16.8 Å². The highest BCUT2D eigenvalue weighted by atomic mass is 32.1. The lowest BCUT2D eigenvalue weighted by atomic mass is 9.91. The van der Waals surface area contributed by atoms with E-state index in [2.05, 4.69) is 32.0 Å². The number of nitrogens with zero attached hydrogens (tertiary/aromatic N) is 4. The Morgan fingerprint density at radius 1 is 1.47 bits per heavy atom. The zero-order valence-corrected chi connectivity index (χ0v) is 11.7. The minimum absolute atomic E-state index is 0.278. The Morgan fingerprint density at radius 3 is 2.89 bits per heavy atom. The van der Waals surface area contributed by atoms with Gasteiger partial charge in [0.1, 0.15) is 5.69 Å². The van der Waals surface area contributed by atoms with Crippen LogP contribution in [-0.2, 0) is 0 Å². The molecule has 1 atom stereocenters. The molecule has 3 N–H and O–H groups in total. The Hall–Kier alpha value is -1.47. The lowest BCUT2D eigenvalue weighted by molar-refractivity contribution is 0.352. The Balaban J connectivity index is 1.68. The molecule has 2 aromatic heterocycles. The van der Waals surface area contributed by atoms with Crippen LogP contribution in [0, 0.1) is 5.92 Å². The molecule has 0 radical (unpaired) electrons. The fourth-order valence-electron chi connectivity index (χ4n) is 2.46. The van der Waals surface area contributed by atoms with E-state index >= 15 is 0 Å². The van der Waals surface area contributed by atoms with Gasteiger partial charge in [-0.1, -0.05) is 0 Å². The molecular formula is C12H18N6S. The molecule has 0 saturated carbocycles. The molecule has 2 aromatic rings. The lowest BCUT2D eigenvalue weighted by Crippen LogP contribution is -2.40. The number of rotatable bonds is 3. The van der Waals surface area contributed by atoms with E-state index in [9.17, 15) is 0 Å². The van der Waals surface area contributed by atoms with Crippen LogP contribution >= 0.6 is 11.3 Å². The number of hydrogen-bond donors (Lipinski definition) is 2. The van der Waals surface area contributed by atoms with Gasteiger partial charge in [-0.2, -0.15) is 4.98 Å². The van der Waals surface area contributed by atoms with Gasteiger partial charge in [-0.25, -0.2) is 4.98 Å². The van der Waals surface area contributed by atoms with Crippen molar-refractivity contribution in [2.45, 2.75) is 25.8 Å². The van der Waals surface area contributed by atoms with Gasteiger partial charge in [-0.15, -0.1) is 16.4 Å². The van der Waals surface area contributed by atoms with Gasteiger partial charge in [0.2, 0.25) is 5.95 Å². The normalized spacial score (nSPS) is 18.7. The molecule has 19 heavy (non-hydrogen) atoms. The van der Waals surface area contributed by atoms with Crippen LogP contribution in [0.4, 0.5) is 5.95 Å². The van der Waals surface area contributed by atoms with E-state index in [1.807, 2.05) is 5.38 Å². The first kappa shape index (κ1) is 12.6. The molecule has 0 spiro atoms. The summed E-state index contributed by atoms with van der Waals surface area (Å²) < 4.78 is 0. The number of thiazole rings is 1. The van der Waals surface area contributed by atoms with Crippen LogP contribution in [0.5, 0.6) is 0 Å². The van der Waals surface area contributed by atoms with Gasteiger partial charge in [0.25, 0.3) is 0 Å². The minimum Gasteiger partial charge on any atom is -0.340 e. The third-order valence-electron chi connectivity index (χ3n) is 3.71. The molecule has 1 saturated heterocycles. The molecule has 1 aliphatic heterocycles. The molecule has 3 rings (SSSR count). The number of aromatic nitrogens is 4. The van der Waals surface area contributed by atoms with Crippen LogP contribution in [0.3, 0.4) is 0 Å². The molecule has 1 unspecified atom stereocenters. The summed E-state index contributed by atoms with van der Waals surface area (Å²) in [5.41, 5.74) is 8.61. The number of nitrogens with one attached hydrogen (secondary N) is 1. The highest BCUT2D eigenvalue weighted by Crippen LogP contribution is 2.24. The first-order chi connectivity index (χ1) is 9.24.